The van der Waals surface area contributed by atoms with E-state index < -0.39 is 5.60 Å². The molecular weight excluding hydrogens is 513 g/mol. The minimum absolute atomic E-state index is 0. The summed E-state index contributed by atoms with van der Waals surface area (Å²) >= 11 is 0. The predicted octanol–water partition coefficient (Wildman–Crippen LogP) is 1.000. The zero-order valence-corrected chi connectivity index (χ0v) is 20.8. The van der Waals surface area contributed by atoms with Crippen LogP contribution < -0.4 is 10.6 Å². The summed E-state index contributed by atoms with van der Waals surface area (Å²) < 4.78 is 12.7. The molecule has 3 rings (SSSR count). The van der Waals surface area contributed by atoms with Crippen LogP contribution in [0.15, 0.2) is 27.8 Å². The lowest BCUT2D eigenvalue weighted by Crippen LogP contribution is -2.45. The molecule has 0 radical (unpaired) electrons. The highest BCUT2D eigenvalue weighted by molar-refractivity contribution is 14.0. The Morgan fingerprint density at radius 1 is 1.29 bits per heavy atom. The van der Waals surface area contributed by atoms with Gasteiger partial charge in [0.1, 0.15) is 23.7 Å². The predicted molar refractivity (Wildman–Crippen MR) is 128 cm³/mol. The highest BCUT2D eigenvalue weighted by atomic mass is 127. The normalized spacial score (nSPS) is 17.1. The maximum absolute atomic E-state index is 10.7. The summed E-state index contributed by atoms with van der Waals surface area (Å²) in [5.41, 5.74) is -1.15. The van der Waals surface area contributed by atoms with E-state index in [1.54, 1.807) is 25.3 Å². The van der Waals surface area contributed by atoms with Gasteiger partial charge in [0.25, 0.3) is 0 Å². The second-order valence-electron chi connectivity index (χ2n) is 7.73. The number of guanidine groups is 1. The fourth-order valence-corrected chi connectivity index (χ4v) is 3.17. The fraction of sp³-hybridized carbons (Fsp3) is 0.650. The molecular formula is C20H34IN7O3. The van der Waals surface area contributed by atoms with Crippen LogP contribution in [0.2, 0.25) is 0 Å². The molecule has 3 heterocycles. The average Bonchev–Trinajstić information content (AvgIpc) is 3.40. The third kappa shape index (κ3) is 7.74. The molecule has 0 aromatic carbocycles. The van der Waals surface area contributed by atoms with Crippen molar-refractivity contribution in [3.05, 3.63) is 35.8 Å². The van der Waals surface area contributed by atoms with Crippen LogP contribution in [0, 0.1) is 6.92 Å². The number of furan rings is 1. The lowest BCUT2D eigenvalue weighted by atomic mass is 10.0. The van der Waals surface area contributed by atoms with E-state index in [4.69, 9.17) is 9.15 Å². The van der Waals surface area contributed by atoms with Gasteiger partial charge in [-0.1, -0.05) is 0 Å². The largest absolute Gasteiger partial charge is 0.466 e. The van der Waals surface area contributed by atoms with Crippen LogP contribution in [0.5, 0.6) is 0 Å². The zero-order chi connectivity index (χ0) is 21.4. The molecule has 1 unspecified atom stereocenters. The number of ether oxygens (including phenoxy) is 1. The Labute approximate surface area is 200 Å². The molecule has 31 heavy (non-hydrogen) atoms. The Kier molecular flexibility index (Phi) is 10.2. The average molecular weight is 547 g/mol. The third-order valence-electron chi connectivity index (χ3n) is 5.26. The molecule has 3 N–H and O–H groups in total. The van der Waals surface area contributed by atoms with E-state index in [0.29, 0.717) is 18.3 Å². The number of aliphatic imine (C=N–C) groups is 1. The third-order valence-corrected chi connectivity index (χ3v) is 5.26. The van der Waals surface area contributed by atoms with Crippen LogP contribution in [0.1, 0.15) is 30.8 Å². The van der Waals surface area contributed by atoms with Crippen molar-refractivity contribution in [1.82, 2.24) is 30.3 Å². The molecule has 0 saturated carbocycles. The first-order valence-corrected chi connectivity index (χ1v) is 10.4. The van der Waals surface area contributed by atoms with Crippen LogP contribution in [-0.2, 0) is 23.9 Å². The van der Waals surface area contributed by atoms with Crippen molar-refractivity contribution in [3.8, 4) is 0 Å². The monoisotopic (exact) mass is 547 g/mol. The number of nitrogens with zero attached hydrogens (tertiary/aromatic N) is 5. The summed E-state index contributed by atoms with van der Waals surface area (Å²) in [5, 5.41) is 25.5. The van der Waals surface area contributed by atoms with Gasteiger partial charge in [0.05, 0.1) is 26.0 Å². The van der Waals surface area contributed by atoms with Gasteiger partial charge in [-0.15, -0.1) is 34.2 Å². The quantitative estimate of drug-likeness (QED) is 0.185. The molecule has 1 aliphatic rings. The molecule has 174 valence electrons. The van der Waals surface area contributed by atoms with E-state index in [-0.39, 0.29) is 30.5 Å². The lowest BCUT2D eigenvalue weighted by molar-refractivity contribution is 0.0374. The Hall–Kier alpha value is -1.70. The molecule has 10 nitrogen and oxygen atoms in total. The smallest absolute Gasteiger partial charge is 0.191 e. The summed E-state index contributed by atoms with van der Waals surface area (Å²) in [6, 6.07) is 3.52. The first-order valence-electron chi connectivity index (χ1n) is 10.4. The lowest BCUT2D eigenvalue weighted by Gasteiger charge is -2.26. The van der Waals surface area contributed by atoms with Crippen LogP contribution in [0.4, 0.5) is 0 Å². The molecule has 1 atom stereocenters. The Morgan fingerprint density at radius 3 is 2.71 bits per heavy atom. The number of hydrogen-bond acceptors (Lipinski definition) is 7. The second-order valence-corrected chi connectivity index (χ2v) is 7.73. The SMILES string of the molecule is Cc1nnc(CN=C(NCCCN2CCOCC2)NCC(C)(O)c2ccco2)n1C.I. The Morgan fingerprint density at radius 2 is 2.06 bits per heavy atom. The van der Waals surface area contributed by atoms with Crippen LogP contribution in [0.25, 0.3) is 0 Å². The van der Waals surface area contributed by atoms with E-state index in [9.17, 15) is 5.11 Å². The number of nitrogens with one attached hydrogen (secondary N) is 2. The number of hydrogen-bond donors (Lipinski definition) is 3. The summed E-state index contributed by atoms with van der Waals surface area (Å²) in [6.07, 6.45) is 2.54. The maximum Gasteiger partial charge on any atom is 0.191 e. The van der Waals surface area contributed by atoms with Crippen molar-refractivity contribution in [2.24, 2.45) is 12.0 Å². The zero-order valence-electron chi connectivity index (χ0n) is 18.5. The van der Waals surface area contributed by atoms with Gasteiger partial charge in [-0.2, -0.15) is 0 Å². The summed E-state index contributed by atoms with van der Waals surface area (Å²) in [7, 11) is 1.92. The first-order chi connectivity index (χ1) is 14.5. The van der Waals surface area contributed by atoms with Crippen molar-refractivity contribution in [3.63, 3.8) is 0 Å². The number of halogens is 1. The molecule has 1 fully saturated rings. The Bertz CT molecular complexity index is 802. The van der Waals surface area contributed by atoms with Crippen LogP contribution in [0.3, 0.4) is 0 Å². The number of aliphatic hydroxyl groups is 1. The minimum atomic E-state index is -1.15. The highest BCUT2D eigenvalue weighted by Gasteiger charge is 2.26. The molecule has 2 aromatic heterocycles. The van der Waals surface area contributed by atoms with Crippen molar-refractivity contribution >= 4 is 29.9 Å². The van der Waals surface area contributed by atoms with Crippen molar-refractivity contribution < 1.29 is 14.3 Å². The van der Waals surface area contributed by atoms with E-state index in [1.807, 2.05) is 18.5 Å². The summed E-state index contributed by atoms with van der Waals surface area (Å²) in [5.74, 6) is 2.74. The minimum Gasteiger partial charge on any atom is -0.466 e. The first kappa shape index (κ1) is 25.6. The molecule has 2 aromatic rings. The molecule has 0 aliphatic carbocycles. The summed E-state index contributed by atoms with van der Waals surface area (Å²) in [4.78, 5) is 7.03. The topological polar surface area (TPSA) is 113 Å². The summed E-state index contributed by atoms with van der Waals surface area (Å²) in [6.45, 7) is 9.62. The van der Waals surface area contributed by atoms with E-state index in [0.717, 1.165) is 57.5 Å². The second kappa shape index (κ2) is 12.4. The van der Waals surface area contributed by atoms with Crippen molar-refractivity contribution in [2.45, 2.75) is 32.4 Å². The standard InChI is InChI=1S/C20H33N7O3.HI/c1-16-24-25-18(26(16)3)14-22-19(21-7-5-8-27-9-12-29-13-10-27)23-15-20(2,28)17-6-4-11-30-17;/h4,6,11,28H,5,7-10,12-15H2,1-3H3,(H2,21,22,23);1H. The van der Waals surface area contributed by atoms with Gasteiger partial charge in [-0.25, -0.2) is 4.99 Å². The molecule has 1 aliphatic heterocycles. The number of aryl methyl sites for hydroxylation is 1. The molecule has 11 heteroatoms. The van der Waals surface area contributed by atoms with Gasteiger partial charge in [0.2, 0.25) is 0 Å². The van der Waals surface area contributed by atoms with Crippen molar-refractivity contribution in [2.75, 3.05) is 45.9 Å². The number of rotatable bonds is 9. The van der Waals surface area contributed by atoms with Gasteiger partial charge in [0, 0.05) is 26.7 Å². The van der Waals surface area contributed by atoms with Gasteiger partial charge in [-0.3, -0.25) is 4.90 Å². The van der Waals surface area contributed by atoms with E-state index in [1.165, 1.54) is 0 Å². The number of aromatic nitrogens is 3. The van der Waals surface area contributed by atoms with Gasteiger partial charge in [0.15, 0.2) is 11.8 Å². The fourth-order valence-electron chi connectivity index (χ4n) is 3.17. The highest BCUT2D eigenvalue weighted by Crippen LogP contribution is 2.19. The molecule has 0 spiro atoms. The molecule has 0 bridgehead atoms. The van der Waals surface area contributed by atoms with Gasteiger partial charge >= 0.3 is 0 Å². The van der Waals surface area contributed by atoms with Gasteiger partial charge < -0.3 is 29.5 Å². The molecule has 0 amide bonds. The maximum atomic E-state index is 10.7. The Balaban J connectivity index is 0.00000341. The van der Waals surface area contributed by atoms with Crippen molar-refractivity contribution in [1.29, 1.82) is 0 Å². The van der Waals surface area contributed by atoms with Crippen LogP contribution >= 0.6 is 24.0 Å². The van der Waals surface area contributed by atoms with E-state index in [2.05, 4.69) is 30.7 Å². The van der Waals surface area contributed by atoms with Gasteiger partial charge in [-0.05, 0) is 38.9 Å². The van der Waals surface area contributed by atoms with Crippen LogP contribution in [-0.4, -0.2) is 76.7 Å². The number of morpholine rings is 1. The van der Waals surface area contributed by atoms with E-state index >= 15 is 0 Å². The molecule has 1 saturated heterocycles.